The third-order valence-electron chi connectivity index (χ3n) is 3.21. The highest BCUT2D eigenvalue weighted by atomic mass is 16.5. The lowest BCUT2D eigenvalue weighted by Crippen LogP contribution is -2.22. The van der Waals surface area contributed by atoms with Gasteiger partial charge in [0.2, 0.25) is 5.91 Å². The molecule has 1 amide bonds. The first kappa shape index (κ1) is 14.9. The molecule has 0 radical (unpaired) electrons. The van der Waals surface area contributed by atoms with Gasteiger partial charge in [-0.25, -0.2) is 0 Å². The number of rotatable bonds is 6. The quantitative estimate of drug-likeness (QED) is 0.855. The molecule has 2 N–H and O–H groups in total. The average Bonchev–Trinajstić information content (AvgIpc) is 2.54. The van der Waals surface area contributed by atoms with Crippen molar-refractivity contribution in [2.24, 2.45) is 0 Å². The van der Waals surface area contributed by atoms with E-state index in [9.17, 15) is 4.79 Å². The van der Waals surface area contributed by atoms with Gasteiger partial charge in [0.15, 0.2) is 0 Å². The number of carbonyl (C=O) groups excluding carboxylic acids is 1. The number of ether oxygens (including phenoxy) is 1. The summed E-state index contributed by atoms with van der Waals surface area (Å²) in [6, 6.07) is 15.3. The van der Waals surface area contributed by atoms with Gasteiger partial charge in [0, 0.05) is 11.4 Å². The molecule has 0 spiro atoms. The molecule has 0 atom stereocenters. The zero-order valence-corrected chi connectivity index (χ0v) is 12.3. The maximum atomic E-state index is 11.9. The van der Waals surface area contributed by atoms with Crippen LogP contribution < -0.4 is 15.4 Å². The third kappa shape index (κ3) is 4.24. The van der Waals surface area contributed by atoms with E-state index in [0.29, 0.717) is 0 Å². The fraction of sp³-hybridized carbons (Fsp3) is 0.235. The van der Waals surface area contributed by atoms with Gasteiger partial charge in [-0.15, -0.1) is 0 Å². The van der Waals surface area contributed by atoms with Crippen molar-refractivity contribution in [2.75, 3.05) is 24.3 Å². The molecule has 2 aromatic carbocycles. The van der Waals surface area contributed by atoms with E-state index in [1.807, 2.05) is 42.5 Å². The fourth-order valence-electron chi connectivity index (χ4n) is 2.06. The first-order valence-corrected chi connectivity index (χ1v) is 6.98. The summed E-state index contributed by atoms with van der Waals surface area (Å²) in [5.41, 5.74) is 2.96. The largest absolute Gasteiger partial charge is 0.497 e. The van der Waals surface area contributed by atoms with Crippen LogP contribution in [0.25, 0.3) is 0 Å². The second kappa shape index (κ2) is 7.33. The number of hydrogen-bond acceptors (Lipinski definition) is 3. The molecule has 0 aliphatic rings. The molecule has 0 aliphatic carbocycles. The van der Waals surface area contributed by atoms with Crippen molar-refractivity contribution in [3.63, 3.8) is 0 Å². The molecule has 0 unspecified atom stereocenters. The highest BCUT2D eigenvalue weighted by Gasteiger charge is 2.04. The van der Waals surface area contributed by atoms with Gasteiger partial charge < -0.3 is 15.4 Å². The summed E-state index contributed by atoms with van der Waals surface area (Å²) in [5, 5.41) is 6.01. The second-order valence-corrected chi connectivity index (χ2v) is 4.64. The van der Waals surface area contributed by atoms with E-state index in [1.54, 1.807) is 7.11 Å². The summed E-state index contributed by atoms with van der Waals surface area (Å²) in [4.78, 5) is 11.9. The monoisotopic (exact) mass is 284 g/mol. The number of amides is 1. The topological polar surface area (TPSA) is 50.4 Å². The Balaban J connectivity index is 1.89. The van der Waals surface area contributed by atoms with Gasteiger partial charge in [-0.3, -0.25) is 4.79 Å². The van der Waals surface area contributed by atoms with E-state index in [2.05, 4.69) is 23.6 Å². The molecule has 0 aliphatic heterocycles. The molecule has 4 nitrogen and oxygen atoms in total. The maximum absolute atomic E-state index is 11.9. The molecule has 0 aromatic heterocycles. The molecule has 2 aromatic rings. The number of aryl methyl sites for hydroxylation is 1. The zero-order valence-electron chi connectivity index (χ0n) is 12.3. The van der Waals surface area contributed by atoms with Crippen LogP contribution in [0.15, 0.2) is 48.5 Å². The number of methoxy groups -OCH3 is 1. The Bertz CT molecular complexity index is 594. The molecular formula is C17H20N2O2. The van der Waals surface area contributed by atoms with Gasteiger partial charge in [0.1, 0.15) is 5.75 Å². The van der Waals surface area contributed by atoms with Crippen molar-refractivity contribution in [2.45, 2.75) is 13.3 Å². The van der Waals surface area contributed by atoms with Crippen molar-refractivity contribution in [3.05, 3.63) is 54.1 Å². The van der Waals surface area contributed by atoms with E-state index in [-0.39, 0.29) is 12.5 Å². The van der Waals surface area contributed by atoms with Crippen LogP contribution >= 0.6 is 0 Å². The molecule has 4 heteroatoms. The van der Waals surface area contributed by atoms with E-state index < -0.39 is 0 Å². The Morgan fingerprint density at radius 2 is 1.81 bits per heavy atom. The minimum absolute atomic E-state index is 0.0777. The molecule has 0 fully saturated rings. The summed E-state index contributed by atoms with van der Waals surface area (Å²) in [7, 11) is 1.61. The smallest absolute Gasteiger partial charge is 0.243 e. The Hall–Kier alpha value is -2.49. The SMILES string of the molecule is CCc1ccccc1NCC(=O)Nc1ccc(OC)cc1. The normalized spacial score (nSPS) is 10.0. The van der Waals surface area contributed by atoms with Crippen LogP contribution in [0.4, 0.5) is 11.4 Å². The Kier molecular flexibility index (Phi) is 5.21. The van der Waals surface area contributed by atoms with Crippen molar-refractivity contribution in [1.29, 1.82) is 0 Å². The molecule has 21 heavy (non-hydrogen) atoms. The van der Waals surface area contributed by atoms with Crippen LogP contribution in [-0.2, 0) is 11.2 Å². The summed E-state index contributed by atoms with van der Waals surface area (Å²) >= 11 is 0. The lowest BCUT2D eigenvalue weighted by molar-refractivity contribution is -0.114. The predicted octanol–water partition coefficient (Wildman–Crippen LogP) is 3.31. The average molecular weight is 284 g/mol. The molecule has 0 saturated heterocycles. The van der Waals surface area contributed by atoms with E-state index >= 15 is 0 Å². The van der Waals surface area contributed by atoms with Crippen molar-refractivity contribution < 1.29 is 9.53 Å². The van der Waals surface area contributed by atoms with Gasteiger partial charge in [0.05, 0.1) is 13.7 Å². The van der Waals surface area contributed by atoms with Gasteiger partial charge in [-0.1, -0.05) is 25.1 Å². The van der Waals surface area contributed by atoms with Crippen LogP contribution in [-0.4, -0.2) is 19.6 Å². The Morgan fingerprint density at radius 1 is 1.10 bits per heavy atom. The lowest BCUT2D eigenvalue weighted by atomic mass is 10.1. The number of anilines is 2. The Labute approximate surface area is 125 Å². The summed E-state index contributed by atoms with van der Waals surface area (Å²) < 4.78 is 5.08. The molecule has 0 heterocycles. The second-order valence-electron chi connectivity index (χ2n) is 4.64. The van der Waals surface area contributed by atoms with Crippen LogP contribution in [0.1, 0.15) is 12.5 Å². The molecule has 0 bridgehead atoms. The number of benzene rings is 2. The third-order valence-corrected chi connectivity index (χ3v) is 3.21. The van der Waals surface area contributed by atoms with Gasteiger partial charge in [-0.05, 0) is 42.3 Å². The first-order valence-electron chi connectivity index (χ1n) is 6.98. The highest BCUT2D eigenvalue weighted by molar-refractivity contribution is 5.93. The molecule has 2 rings (SSSR count). The van der Waals surface area contributed by atoms with Gasteiger partial charge >= 0.3 is 0 Å². The maximum Gasteiger partial charge on any atom is 0.243 e. The van der Waals surface area contributed by atoms with Crippen molar-refractivity contribution in [3.8, 4) is 5.75 Å². The van der Waals surface area contributed by atoms with Crippen LogP contribution in [0.2, 0.25) is 0 Å². The van der Waals surface area contributed by atoms with E-state index in [4.69, 9.17) is 4.74 Å². The number of nitrogens with one attached hydrogen (secondary N) is 2. The number of carbonyl (C=O) groups is 1. The summed E-state index contributed by atoms with van der Waals surface area (Å²) in [6.45, 7) is 2.33. The van der Waals surface area contributed by atoms with Gasteiger partial charge in [0.25, 0.3) is 0 Å². The predicted molar refractivity (Wildman–Crippen MR) is 85.9 cm³/mol. The number of hydrogen-bond donors (Lipinski definition) is 2. The zero-order chi connectivity index (χ0) is 15.1. The lowest BCUT2D eigenvalue weighted by Gasteiger charge is -2.11. The Morgan fingerprint density at radius 3 is 2.48 bits per heavy atom. The van der Waals surface area contributed by atoms with Crippen LogP contribution in [0.3, 0.4) is 0 Å². The molecule has 110 valence electrons. The summed E-state index contributed by atoms with van der Waals surface area (Å²) in [6.07, 6.45) is 0.934. The standard InChI is InChI=1S/C17H20N2O2/c1-3-13-6-4-5-7-16(13)18-12-17(20)19-14-8-10-15(21-2)11-9-14/h4-11,18H,3,12H2,1-2H3,(H,19,20). The minimum atomic E-state index is -0.0777. The van der Waals surface area contributed by atoms with Gasteiger partial charge in [-0.2, -0.15) is 0 Å². The fourth-order valence-corrected chi connectivity index (χ4v) is 2.06. The van der Waals surface area contributed by atoms with Crippen LogP contribution in [0.5, 0.6) is 5.75 Å². The molecule has 0 saturated carbocycles. The summed E-state index contributed by atoms with van der Waals surface area (Å²) in [5.74, 6) is 0.689. The van der Waals surface area contributed by atoms with Crippen molar-refractivity contribution in [1.82, 2.24) is 0 Å². The van der Waals surface area contributed by atoms with E-state index in [1.165, 1.54) is 5.56 Å². The van der Waals surface area contributed by atoms with Crippen LogP contribution in [0, 0.1) is 0 Å². The van der Waals surface area contributed by atoms with Crippen molar-refractivity contribution >= 4 is 17.3 Å². The molecular weight excluding hydrogens is 264 g/mol. The number of para-hydroxylation sites is 1. The first-order chi connectivity index (χ1) is 10.2. The highest BCUT2D eigenvalue weighted by Crippen LogP contribution is 2.16. The van der Waals surface area contributed by atoms with E-state index in [0.717, 1.165) is 23.5 Å². The minimum Gasteiger partial charge on any atom is -0.497 e.